The molecule has 3 N–H and O–H groups in total. The molecule has 1 rings (SSSR count). The van der Waals surface area contributed by atoms with Gasteiger partial charge in [-0.15, -0.1) is 0 Å². The molecule has 0 saturated carbocycles. The first kappa shape index (κ1) is 13.9. The molecular weight excluding hydrogens is 271 g/mol. The Bertz CT molecular complexity index is 533. The standard InChI is InChI=1S/C9H10ClFN2O3S/c10-6-1-2-7(8(11)5-6)9(14)13-3-4-17(12,15)16/h1-2,5H,3-4H2,(H,13,14)(H2,12,15,16). The SMILES string of the molecule is NS(=O)(=O)CCNC(=O)c1ccc(Cl)cc1F. The molecule has 0 bridgehead atoms. The molecule has 0 unspecified atom stereocenters. The minimum Gasteiger partial charge on any atom is -0.351 e. The van der Waals surface area contributed by atoms with Crippen LogP contribution in [0.2, 0.25) is 5.02 Å². The van der Waals surface area contributed by atoms with Crippen LogP contribution in [-0.2, 0) is 10.0 Å². The van der Waals surface area contributed by atoms with Crippen molar-refractivity contribution in [3.8, 4) is 0 Å². The van der Waals surface area contributed by atoms with Crippen molar-refractivity contribution >= 4 is 27.5 Å². The van der Waals surface area contributed by atoms with Crippen LogP contribution in [0, 0.1) is 5.82 Å². The molecule has 5 nitrogen and oxygen atoms in total. The third kappa shape index (κ3) is 4.68. The van der Waals surface area contributed by atoms with E-state index in [1.807, 2.05) is 0 Å². The fourth-order valence-corrected chi connectivity index (χ4v) is 1.62. The fraction of sp³-hybridized carbons (Fsp3) is 0.222. The number of benzene rings is 1. The van der Waals surface area contributed by atoms with E-state index in [1.54, 1.807) is 0 Å². The van der Waals surface area contributed by atoms with Crippen molar-refractivity contribution in [2.45, 2.75) is 0 Å². The van der Waals surface area contributed by atoms with E-state index in [0.29, 0.717) is 0 Å². The second-order valence-electron chi connectivity index (χ2n) is 3.25. The summed E-state index contributed by atoms with van der Waals surface area (Å²) in [6, 6.07) is 3.57. The van der Waals surface area contributed by atoms with Crippen LogP contribution >= 0.6 is 11.6 Å². The van der Waals surface area contributed by atoms with Gasteiger partial charge < -0.3 is 5.32 Å². The molecule has 0 aromatic heterocycles. The van der Waals surface area contributed by atoms with E-state index in [4.69, 9.17) is 16.7 Å². The van der Waals surface area contributed by atoms with E-state index < -0.39 is 27.5 Å². The summed E-state index contributed by atoms with van der Waals surface area (Å²) in [5.74, 6) is -1.90. The average Bonchev–Trinajstić information content (AvgIpc) is 2.15. The summed E-state index contributed by atoms with van der Waals surface area (Å²) in [5.41, 5.74) is -0.205. The van der Waals surface area contributed by atoms with Gasteiger partial charge in [0, 0.05) is 11.6 Å². The zero-order valence-electron chi connectivity index (χ0n) is 8.61. The summed E-state index contributed by atoms with van der Waals surface area (Å²) in [7, 11) is -3.65. The molecular formula is C9H10ClFN2O3S. The first-order chi connectivity index (χ1) is 7.79. The number of sulfonamides is 1. The molecule has 94 valence electrons. The third-order valence-electron chi connectivity index (χ3n) is 1.85. The molecule has 17 heavy (non-hydrogen) atoms. The van der Waals surface area contributed by atoms with E-state index in [-0.39, 0.29) is 17.1 Å². The van der Waals surface area contributed by atoms with E-state index >= 15 is 0 Å². The lowest BCUT2D eigenvalue weighted by Crippen LogP contribution is -2.31. The Morgan fingerprint density at radius 1 is 1.47 bits per heavy atom. The molecule has 0 aliphatic rings. The quantitative estimate of drug-likeness (QED) is 0.841. The lowest BCUT2D eigenvalue weighted by atomic mass is 10.2. The number of amides is 1. The molecule has 0 atom stereocenters. The number of halogens is 2. The summed E-state index contributed by atoms with van der Waals surface area (Å²) in [5, 5.41) is 7.14. The molecule has 0 heterocycles. The van der Waals surface area contributed by atoms with E-state index in [0.717, 1.165) is 6.07 Å². The number of carbonyl (C=O) groups excluding carboxylic acids is 1. The number of rotatable bonds is 4. The summed E-state index contributed by atoms with van der Waals surface area (Å²) in [4.78, 5) is 11.4. The number of carbonyl (C=O) groups is 1. The van der Waals surface area contributed by atoms with Crippen molar-refractivity contribution in [2.24, 2.45) is 5.14 Å². The lowest BCUT2D eigenvalue weighted by Gasteiger charge is -2.05. The van der Waals surface area contributed by atoms with E-state index in [1.165, 1.54) is 12.1 Å². The highest BCUT2D eigenvalue weighted by atomic mass is 35.5. The number of nitrogens with two attached hydrogens (primary N) is 1. The molecule has 0 saturated heterocycles. The Kier molecular flexibility index (Phi) is 4.44. The molecule has 0 radical (unpaired) electrons. The first-order valence-electron chi connectivity index (χ1n) is 4.53. The first-order valence-corrected chi connectivity index (χ1v) is 6.62. The van der Waals surface area contributed by atoms with Gasteiger partial charge in [0.05, 0.1) is 11.3 Å². The normalized spacial score (nSPS) is 11.2. The Morgan fingerprint density at radius 3 is 2.65 bits per heavy atom. The highest BCUT2D eigenvalue weighted by Crippen LogP contribution is 2.14. The van der Waals surface area contributed by atoms with Crippen LogP contribution in [-0.4, -0.2) is 26.6 Å². The smallest absolute Gasteiger partial charge is 0.254 e. The van der Waals surface area contributed by atoms with Crippen LogP contribution in [0.25, 0.3) is 0 Å². The molecule has 1 aromatic rings. The number of hydrogen-bond acceptors (Lipinski definition) is 3. The van der Waals surface area contributed by atoms with Gasteiger partial charge in [0.15, 0.2) is 0 Å². The minimum atomic E-state index is -3.65. The Balaban J connectivity index is 2.65. The second-order valence-corrected chi connectivity index (χ2v) is 5.42. The van der Waals surface area contributed by atoms with Crippen LogP contribution in [0.4, 0.5) is 4.39 Å². The largest absolute Gasteiger partial charge is 0.351 e. The average molecular weight is 281 g/mol. The summed E-state index contributed by atoms with van der Waals surface area (Å²) in [6.45, 7) is -0.181. The molecule has 1 aromatic carbocycles. The van der Waals surface area contributed by atoms with Gasteiger partial charge in [-0.3, -0.25) is 4.79 Å². The zero-order valence-corrected chi connectivity index (χ0v) is 10.2. The van der Waals surface area contributed by atoms with Gasteiger partial charge in [0.25, 0.3) is 5.91 Å². The molecule has 0 aliphatic carbocycles. The van der Waals surface area contributed by atoms with Crippen molar-refractivity contribution < 1.29 is 17.6 Å². The van der Waals surface area contributed by atoms with Gasteiger partial charge in [0.2, 0.25) is 10.0 Å². The number of hydrogen-bond donors (Lipinski definition) is 2. The molecule has 0 spiro atoms. The van der Waals surface area contributed by atoms with Crippen molar-refractivity contribution in [3.63, 3.8) is 0 Å². The van der Waals surface area contributed by atoms with E-state index in [2.05, 4.69) is 5.32 Å². The van der Waals surface area contributed by atoms with Crippen LogP contribution in [0.15, 0.2) is 18.2 Å². The van der Waals surface area contributed by atoms with Gasteiger partial charge in [-0.05, 0) is 18.2 Å². The molecule has 1 amide bonds. The maximum Gasteiger partial charge on any atom is 0.254 e. The van der Waals surface area contributed by atoms with Gasteiger partial charge >= 0.3 is 0 Å². The summed E-state index contributed by atoms with van der Waals surface area (Å²) >= 11 is 5.52. The van der Waals surface area contributed by atoms with Gasteiger partial charge in [0.1, 0.15) is 5.82 Å². The Morgan fingerprint density at radius 2 is 2.12 bits per heavy atom. The maximum atomic E-state index is 13.3. The van der Waals surface area contributed by atoms with Crippen molar-refractivity contribution in [1.29, 1.82) is 0 Å². The van der Waals surface area contributed by atoms with Crippen LogP contribution in [0.3, 0.4) is 0 Å². The zero-order chi connectivity index (χ0) is 13.1. The molecule has 0 aliphatic heterocycles. The fourth-order valence-electron chi connectivity index (χ4n) is 1.08. The minimum absolute atomic E-state index is 0.170. The van der Waals surface area contributed by atoms with Crippen molar-refractivity contribution in [1.82, 2.24) is 5.32 Å². The predicted octanol–water partition coefficient (Wildman–Crippen LogP) is 0.497. The topological polar surface area (TPSA) is 89.3 Å². The van der Waals surface area contributed by atoms with Gasteiger partial charge in [-0.25, -0.2) is 17.9 Å². The van der Waals surface area contributed by atoms with Crippen molar-refractivity contribution in [2.75, 3.05) is 12.3 Å². The van der Waals surface area contributed by atoms with Gasteiger partial charge in [-0.2, -0.15) is 0 Å². The number of primary sulfonamides is 1. The van der Waals surface area contributed by atoms with Crippen molar-refractivity contribution in [3.05, 3.63) is 34.6 Å². The monoisotopic (exact) mass is 280 g/mol. The molecule has 0 fully saturated rings. The number of nitrogens with one attached hydrogen (secondary N) is 1. The Labute approximate surface area is 103 Å². The predicted molar refractivity (Wildman–Crippen MR) is 61.7 cm³/mol. The second kappa shape index (κ2) is 5.44. The summed E-state index contributed by atoms with van der Waals surface area (Å²) in [6.07, 6.45) is 0. The van der Waals surface area contributed by atoms with Crippen LogP contribution in [0.1, 0.15) is 10.4 Å². The van der Waals surface area contributed by atoms with E-state index in [9.17, 15) is 17.6 Å². The third-order valence-corrected chi connectivity index (χ3v) is 2.86. The lowest BCUT2D eigenvalue weighted by molar-refractivity contribution is 0.0952. The van der Waals surface area contributed by atoms with Crippen LogP contribution in [0.5, 0.6) is 0 Å². The van der Waals surface area contributed by atoms with Gasteiger partial charge in [-0.1, -0.05) is 11.6 Å². The highest BCUT2D eigenvalue weighted by molar-refractivity contribution is 7.89. The van der Waals surface area contributed by atoms with Crippen LogP contribution < -0.4 is 10.5 Å². The Hall–Kier alpha value is -1.18. The summed E-state index contributed by atoms with van der Waals surface area (Å²) < 4.78 is 34.5. The maximum absolute atomic E-state index is 13.3. The molecule has 8 heteroatoms. The highest BCUT2D eigenvalue weighted by Gasteiger charge is 2.12.